The molecule has 1 saturated heterocycles. The van der Waals surface area contributed by atoms with Crippen molar-refractivity contribution in [1.29, 1.82) is 0 Å². The highest BCUT2D eigenvalue weighted by molar-refractivity contribution is 5.71. The van der Waals surface area contributed by atoms with Crippen molar-refractivity contribution in [1.82, 2.24) is 19.5 Å². The number of rotatable bonds is 4. The van der Waals surface area contributed by atoms with E-state index in [-0.39, 0.29) is 23.5 Å². The minimum Gasteiger partial charge on any atom is -0.454 e. The number of nitrogens with zero attached hydrogens (tertiary/aromatic N) is 3. The van der Waals surface area contributed by atoms with Crippen molar-refractivity contribution in [3.8, 4) is 0 Å². The van der Waals surface area contributed by atoms with Crippen LogP contribution >= 0.6 is 0 Å². The van der Waals surface area contributed by atoms with Crippen molar-refractivity contribution in [2.75, 3.05) is 5.73 Å². The number of halogens is 1. The zero-order chi connectivity index (χ0) is 19.0. The molecule has 0 spiro atoms. The quantitative estimate of drug-likeness (QED) is 0.697. The fourth-order valence-corrected chi connectivity index (χ4v) is 2.60. The number of esters is 2. The number of hydrogen-bond acceptors (Lipinski definition) is 9. The summed E-state index contributed by atoms with van der Waals surface area (Å²) in [7, 11) is 0. The lowest BCUT2D eigenvalue weighted by Gasteiger charge is -2.19. The van der Waals surface area contributed by atoms with E-state index in [0.29, 0.717) is 0 Å². The zero-order valence-electron chi connectivity index (χ0n) is 13.8. The fourth-order valence-electron chi connectivity index (χ4n) is 2.60. The van der Waals surface area contributed by atoms with Gasteiger partial charge in [0.25, 0.3) is 0 Å². The molecule has 1 aliphatic heterocycles. The Hall–Kier alpha value is -3.02. The molecule has 3 N–H and O–H groups in total. The Morgan fingerprint density at radius 2 is 2.19 bits per heavy atom. The predicted octanol–water partition coefficient (Wildman–Crippen LogP) is -0.220. The molecule has 26 heavy (non-hydrogen) atoms. The van der Waals surface area contributed by atoms with Crippen LogP contribution in [0.25, 0.3) is 11.2 Å². The molecule has 2 aromatic rings. The Morgan fingerprint density at radius 3 is 2.85 bits per heavy atom. The van der Waals surface area contributed by atoms with E-state index in [4.69, 9.17) is 19.9 Å². The van der Waals surface area contributed by atoms with Crippen LogP contribution in [0, 0.1) is 0 Å². The van der Waals surface area contributed by atoms with Crippen LogP contribution in [0.2, 0.25) is 0 Å². The molecule has 12 heteroatoms. The second-order valence-corrected chi connectivity index (χ2v) is 5.52. The predicted molar refractivity (Wildman–Crippen MR) is 83.3 cm³/mol. The molecule has 0 aromatic carbocycles. The van der Waals surface area contributed by atoms with Gasteiger partial charge in [-0.05, 0) is 0 Å². The molecule has 1 aliphatic rings. The molecular weight excluding hydrogens is 353 g/mol. The molecule has 4 atom stereocenters. The van der Waals surface area contributed by atoms with E-state index >= 15 is 0 Å². The van der Waals surface area contributed by atoms with E-state index < -0.39 is 42.4 Å². The van der Waals surface area contributed by atoms with Crippen LogP contribution in [0.1, 0.15) is 26.5 Å². The van der Waals surface area contributed by atoms with Crippen LogP contribution in [-0.2, 0) is 23.8 Å². The topological polar surface area (TPSA) is 151 Å². The Balaban J connectivity index is 2.05. The Labute approximate surface area is 145 Å². The number of aromatic nitrogens is 4. The molecule has 0 aliphatic carbocycles. The van der Waals surface area contributed by atoms with Crippen molar-refractivity contribution in [3.63, 3.8) is 0 Å². The standard InChI is InChI=1S/C14H16FN5O6/c1-3-7(22)25-12-8(15)9(24-5(2)21)11(26-12)20-10-6(18-14(20)23)4-17-13(16)19-10/h4,8-9,11-12H,3H2,1-2H3,(H,18,23)(H2,16,17,19)/t8-,9-,11-,12+/m1/s1. The summed E-state index contributed by atoms with van der Waals surface area (Å²) in [5, 5.41) is 0. The maximum atomic E-state index is 14.7. The second kappa shape index (κ2) is 6.71. The lowest BCUT2D eigenvalue weighted by molar-refractivity contribution is -0.188. The third-order valence-electron chi connectivity index (χ3n) is 3.70. The summed E-state index contributed by atoms with van der Waals surface area (Å²) in [5.41, 5.74) is 5.07. The maximum Gasteiger partial charge on any atom is 0.330 e. The van der Waals surface area contributed by atoms with Gasteiger partial charge < -0.3 is 24.9 Å². The molecule has 11 nitrogen and oxygen atoms in total. The van der Waals surface area contributed by atoms with Gasteiger partial charge in [0.2, 0.25) is 18.4 Å². The van der Waals surface area contributed by atoms with Crippen LogP contribution < -0.4 is 11.4 Å². The van der Waals surface area contributed by atoms with Crippen LogP contribution in [0.5, 0.6) is 0 Å². The summed E-state index contributed by atoms with van der Waals surface area (Å²) < 4.78 is 30.9. The number of aromatic amines is 1. The molecular formula is C14H16FN5O6. The number of anilines is 1. The summed E-state index contributed by atoms with van der Waals surface area (Å²) in [4.78, 5) is 45.3. The number of hydrogen-bond donors (Lipinski definition) is 2. The van der Waals surface area contributed by atoms with Gasteiger partial charge in [0.1, 0.15) is 5.52 Å². The van der Waals surface area contributed by atoms with E-state index in [9.17, 15) is 18.8 Å². The van der Waals surface area contributed by atoms with E-state index in [1.165, 1.54) is 13.1 Å². The van der Waals surface area contributed by atoms with Crippen molar-refractivity contribution < 1.29 is 28.2 Å². The number of nitrogens with one attached hydrogen (secondary N) is 1. The Kier molecular flexibility index (Phi) is 4.59. The van der Waals surface area contributed by atoms with E-state index in [1.54, 1.807) is 0 Å². The van der Waals surface area contributed by atoms with Gasteiger partial charge >= 0.3 is 17.6 Å². The Bertz CT molecular complexity index is 911. The summed E-state index contributed by atoms with van der Waals surface area (Å²) in [6.07, 6.45) is -5.34. The number of imidazole rings is 1. The van der Waals surface area contributed by atoms with Crippen molar-refractivity contribution in [2.45, 2.75) is 45.1 Å². The first-order valence-corrected chi connectivity index (χ1v) is 7.70. The maximum absolute atomic E-state index is 14.7. The Morgan fingerprint density at radius 1 is 1.46 bits per heavy atom. The van der Waals surface area contributed by atoms with E-state index in [1.807, 2.05) is 0 Å². The lowest BCUT2D eigenvalue weighted by atomic mass is 10.2. The van der Waals surface area contributed by atoms with Gasteiger partial charge in [0.05, 0.1) is 6.20 Å². The van der Waals surface area contributed by atoms with Gasteiger partial charge in [-0.3, -0.25) is 9.59 Å². The fraction of sp³-hybridized carbons (Fsp3) is 0.500. The molecule has 3 heterocycles. The molecule has 0 unspecified atom stereocenters. The molecule has 1 fully saturated rings. The van der Waals surface area contributed by atoms with Crippen LogP contribution in [-0.4, -0.2) is 50.0 Å². The van der Waals surface area contributed by atoms with Crippen LogP contribution in [0.15, 0.2) is 11.0 Å². The molecule has 0 bridgehead atoms. The summed E-state index contributed by atoms with van der Waals surface area (Å²) in [5.74, 6) is -1.63. The molecule has 140 valence electrons. The number of alkyl halides is 1. The highest BCUT2D eigenvalue weighted by atomic mass is 19.1. The number of nitrogens with two attached hydrogens (primary N) is 1. The first-order chi connectivity index (χ1) is 12.3. The minimum atomic E-state index is -2.00. The lowest BCUT2D eigenvalue weighted by Crippen LogP contribution is -2.36. The van der Waals surface area contributed by atoms with Gasteiger partial charge in [-0.25, -0.2) is 18.7 Å². The third-order valence-corrected chi connectivity index (χ3v) is 3.70. The summed E-state index contributed by atoms with van der Waals surface area (Å²) >= 11 is 0. The molecule has 0 amide bonds. The molecule has 0 saturated carbocycles. The number of carbonyl (C=O) groups is 2. The zero-order valence-corrected chi connectivity index (χ0v) is 13.8. The largest absolute Gasteiger partial charge is 0.454 e. The van der Waals surface area contributed by atoms with Gasteiger partial charge in [-0.1, -0.05) is 6.92 Å². The number of H-pyrrole nitrogens is 1. The second-order valence-electron chi connectivity index (χ2n) is 5.52. The smallest absolute Gasteiger partial charge is 0.330 e. The van der Waals surface area contributed by atoms with Gasteiger partial charge in [-0.2, -0.15) is 4.98 Å². The average Bonchev–Trinajstić information content (AvgIpc) is 3.04. The third kappa shape index (κ3) is 3.10. The van der Waals surface area contributed by atoms with E-state index in [0.717, 1.165) is 11.5 Å². The number of nitrogen functional groups attached to an aromatic ring is 1. The normalized spacial score (nSPS) is 25.3. The van der Waals surface area contributed by atoms with Crippen molar-refractivity contribution >= 4 is 29.1 Å². The van der Waals surface area contributed by atoms with Gasteiger partial charge in [0.15, 0.2) is 18.0 Å². The van der Waals surface area contributed by atoms with Crippen molar-refractivity contribution in [2.24, 2.45) is 0 Å². The SMILES string of the molecule is CCC(=O)O[C@H]1O[C@@H](n2c(=O)[nH]c3cnc(N)nc32)[C@H](OC(C)=O)[C@H]1F. The minimum absolute atomic E-state index is 0.00767. The molecule has 2 aromatic heterocycles. The summed E-state index contributed by atoms with van der Waals surface area (Å²) in [6, 6.07) is 0. The summed E-state index contributed by atoms with van der Waals surface area (Å²) in [6.45, 7) is 2.60. The highest BCUT2D eigenvalue weighted by Crippen LogP contribution is 2.35. The highest BCUT2D eigenvalue weighted by Gasteiger charge is 2.51. The molecule has 3 rings (SSSR count). The van der Waals surface area contributed by atoms with Crippen LogP contribution in [0.4, 0.5) is 10.3 Å². The van der Waals surface area contributed by atoms with Crippen LogP contribution in [0.3, 0.4) is 0 Å². The van der Waals surface area contributed by atoms with Crippen molar-refractivity contribution in [3.05, 3.63) is 16.7 Å². The number of fused-ring (bicyclic) bond motifs is 1. The molecule has 0 radical (unpaired) electrons. The number of carbonyl (C=O) groups excluding carboxylic acids is 2. The number of ether oxygens (including phenoxy) is 3. The average molecular weight is 369 g/mol. The first kappa shape index (κ1) is 17.8. The van der Waals surface area contributed by atoms with E-state index in [2.05, 4.69) is 15.0 Å². The monoisotopic (exact) mass is 369 g/mol. The van der Waals surface area contributed by atoms with Gasteiger partial charge in [-0.15, -0.1) is 0 Å². The van der Waals surface area contributed by atoms with Gasteiger partial charge in [0, 0.05) is 13.3 Å². The first-order valence-electron chi connectivity index (χ1n) is 7.70.